The Morgan fingerprint density at radius 2 is 1.77 bits per heavy atom. The maximum atomic E-state index is 13.3. The number of pyridine rings is 1. The predicted octanol–water partition coefficient (Wildman–Crippen LogP) is 4.96. The van der Waals surface area contributed by atoms with Crippen LogP contribution in [0.4, 0.5) is 15.8 Å². The summed E-state index contributed by atoms with van der Waals surface area (Å²) >= 11 is 0. The number of hydrogen-bond acceptors (Lipinski definition) is 5. The van der Waals surface area contributed by atoms with Gasteiger partial charge in [0.2, 0.25) is 0 Å². The number of benzene rings is 3. The molecule has 1 fully saturated rings. The Morgan fingerprint density at radius 1 is 1.00 bits per heavy atom. The maximum Gasteiger partial charge on any atom is 0.267 e. The number of nitrogens with two attached hydrogens (primary N) is 1. The van der Waals surface area contributed by atoms with Crippen LogP contribution in [0.15, 0.2) is 66.9 Å². The third kappa shape index (κ3) is 4.53. The smallest absolute Gasteiger partial charge is 0.267 e. The van der Waals surface area contributed by atoms with E-state index < -0.39 is 11.7 Å². The van der Waals surface area contributed by atoms with Crippen molar-refractivity contribution in [2.75, 3.05) is 36.5 Å². The zero-order valence-corrected chi connectivity index (χ0v) is 21.5. The van der Waals surface area contributed by atoms with Gasteiger partial charge in [-0.3, -0.25) is 14.6 Å². The highest BCUT2D eigenvalue weighted by Gasteiger charge is 2.29. The first-order chi connectivity index (χ1) is 18.9. The molecule has 3 aromatic carbocycles. The number of amides is 2. The molecule has 0 bridgehead atoms. The van der Waals surface area contributed by atoms with Crippen molar-refractivity contribution in [3.05, 3.63) is 101 Å². The number of ether oxygens (including phenoxy) is 1. The molecule has 4 aromatic rings. The quantitative estimate of drug-likeness (QED) is 0.340. The Kier molecular flexibility index (Phi) is 6.32. The van der Waals surface area contributed by atoms with Crippen molar-refractivity contribution in [1.29, 1.82) is 0 Å². The zero-order chi connectivity index (χ0) is 27.1. The summed E-state index contributed by atoms with van der Waals surface area (Å²) in [6.45, 7) is 5.00. The van der Waals surface area contributed by atoms with E-state index in [-0.39, 0.29) is 11.6 Å². The Bertz CT molecular complexity index is 1610. The minimum atomic E-state index is -0.559. The average molecular weight is 523 g/mol. The van der Waals surface area contributed by atoms with Crippen molar-refractivity contribution in [3.8, 4) is 22.3 Å². The Labute approximate surface area is 225 Å². The number of aromatic nitrogens is 1. The van der Waals surface area contributed by atoms with Crippen molar-refractivity contribution in [2.24, 2.45) is 5.73 Å². The molecule has 1 aliphatic carbocycles. The topological polar surface area (TPSA) is 97.6 Å². The number of carbonyl (C=O) groups is 2. The Morgan fingerprint density at radius 3 is 2.51 bits per heavy atom. The van der Waals surface area contributed by atoms with E-state index in [1.165, 1.54) is 24.3 Å². The van der Waals surface area contributed by atoms with Gasteiger partial charge in [0.05, 0.1) is 13.2 Å². The fraction of sp³-hybridized carbons (Fsp3) is 0.194. The molecule has 2 amide bonds. The number of carbonyl (C=O) groups excluding carboxylic acids is 2. The highest BCUT2D eigenvalue weighted by Crippen LogP contribution is 2.46. The summed E-state index contributed by atoms with van der Waals surface area (Å²) in [7, 11) is 0. The molecule has 2 heterocycles. The van der Waals surface area contributed by atoms with Crippen molar-refractivity contribution >= 4 is 23.2 Å². The Hall–Kier alpha value is -4.56. The lowest BCUT2D eigenvalue weighted by Gasteiger charge is -2.29. The maximum absolute atomic E-state index is 13.3. The van der Waals surface area contributed by atoms with Crippen LogP contribution in [-0.4, -0.2) is 43.1 Å². The van der Waals surface area contributed by atoms with Crippen LogP contribution < -0.4 is 16.0 Å². The van der Waals surface area contributed by atoms with Gasteiger partial charge in [0.1, 0.15) is 11.5 Å². The summed E-state index contributed by atoms with van der Waals surface area (Å²) in [4.78, 5) is 32.0. The molecule has 3 N–H and O–H groups in total. The Balaban J connectivity index is 1.41. The molecule has 2 aliphatic rings. The van der Waals surface area contributed by atoms with Gasteiger partial charge in [-0.05, 0) is 82.8 Å². The molecule has 6 rings (SSSR count). The van der Waals surface area contributed by atoms with Gasteiger partial charge in [-0.15, -0.1) is 0 Å². The second-order valence-corrected chi connectivity index (χ2v) is 9.80. The van der Waals surface area contributed by atoms with Crippen LogP contribution >= 0.6 is 0 Å². The standard InChI is InChI=1S/C31H27FN4O3/c1-18-23(3-2-4-27(18)35-31(38)19-5-7-21(32)8-6-19)26-17-34-29(30(33)37)25-16-20-15-22(9-10-24(20)28(25)26)36-11-13-39-14-12-36/h2-10,15,17H,11-14,16H2,1H3,(H2,33,37)(H,35,38). The van der Waals surface area contributed by atoms with Crippen molar-refractivity contribution in [2.45, 2.75) is 13.3 Å². The molecule has 0 saturated carbocycles. The lowest BCUT2D eigenvalue weighted by molar-refractivity contribution is 0.0992. The van der Waals surface area contributed by atoms with Crippen LogP contribution in [0, 0.1) is 12.7 Å². The lowest BCUT2D eigenvalue weighted by atomic mass is 9.92. The van der Waals surface area contributed by atoms with Gasteiger partial charge in [-0.1, -0.05) is 18.2 Å². The third-order valence-electron chi connectivity index (χ3n) is 7.49. The fourth-order valence-corrected chi connectivity index (χ4v) is 5.49. The predicted molar refractivity (Wildman–Crippen MR) is 149 cm³/mol. The molecule has 0 unspecified atom stereocenters. The van der Waals surface area contributed by atoms with Gasteiger partial charge in [-0.2, -0.15) is 0 Å². The number of rotatable bonds is 5. The molecule has 7 nitrogen and oxygen atoms in total. The van der Waals surface area contributed by atoms with E-state index >= 15 is 0 Å². The lowest BCUT2D eigenvalue weighted by Crippen LogP contribution is -2.36. The summed E-state index contributed by atoms with van der Waals surface area (Å²) in [6, 6.07) is 17.5. The molecule has 8 heteroatoms. The molecular weight excluding hydrogens is 495 g/mol. The van der Waals surface area contributed by atoms with Crippen LogP contribution in [-0.2, 0) is 11.2 Å². The second kappa shape index (κ2) is 9.96. The first-order valence-corrected chi connectivity index (χ1v) is 12.9. The van der Waals surface area contributed by atoms with Crippen LogP contribution in [0.5, 0.6) is 0 Å². The number of hydrogen-bond donors (Lipinski definition) is 2. The van der Waals surface area contributed by atoms with Gasteiger partial charge in [0, 0.05) is 48.2 Å². The minimum absolute atomic E-state index is 0.274. The van der Waals surface area contributed by atoms with Crippen molar-refractivity contribution < 1.29 is 18.7 Å². The van der Waals surface area contributed by atoms with Gasteiger partial charge >= 0.3 is 0 Å². The van der Waals surface area contributed by atoms with Gasteiger partial charge < -0.3 is 20.7 Å². The van der Waals surface area contributed by atoms with Crippen LogP contribution in [0.3, 0.4) is 0 Å². The SMILES string of the molecule is Cc1c(NC(=O)c2ccc(F)cc2)cccc1-c1cnc(C(N)=O)c2c1-c1ccc(N3CCOCC3)cc1C2. The summed E-state index contributed by atoms with van der Waals surface area (Å²) in [5.41, 5.74) is 14.6. The molecule has 0 radical (unpaired) electrons. The largest absolute Gasteiger partial charge is 0.378 e. The van der Waals surface area contributed by atoms with Crippen LogP contribution in [0.1, 0.15) is 37.5 Å². The molecule has 196 valence electrons. The third-order valence-corrected chi connectivity index (χ3v) is 7.49. The molecule has 1 saturated heterocycles. The van der Waals surface area contributed by atoms with E-state index in [4.69, 9.17) is 10.5 Å². The molecular formula is C31H27FN4O3. The summed E-state index contributed by atoms with van der Waals surface area (Å²) < 4.78 is 18.8. The van der Waals surface area contributed by atoms with E-state index in [1.54, 1.807) is 6.20 Å². The number of morpholine rings is 1. The molecule has 1 aliphatic heterocycles. The van der Waals surface area contributed by atoms with E-state index in [9.17, 15) is 14.0 Å². The van der Waals surface area contributed by atoms with E-state index in [1.807, 2.05) is 25.1 Å². The van der Waals surface area contributed by atoms with Crippen LogP contribution in [0.25, 0.3) is 22.3 Å². The molecule has 39 heavy (non-hydrogen) atoms. The monoisotopic (exact) mass is 522 g/mol. The zero-order valence-electron chi connectivity index (χ0n) is 21.5. The first-order valence-electron chi connectivity index (χ1n) is 12.9. The van der Waals surface area contributed by atoms with Gasteiger partial charge in [0.15, 0.2) is 0 Å². The number of halogens is 1. The summed E-state index contributed by atoms with van der Waals surface area (Å²) in [6.07, 6.45) is 2.25. The number of nitrogens with one attached hydrogen (secondary N) is 1. The van der Waals surface area contributed by atoms with Crippen molar-refractivity contribution in [1.82, 2.24) is 4.98 Å². The van der Waals surface area contributed by atoms with Crippen LogP contribution in [0.2, 0.25) is 0 Å². The highest BCUT2D eigenvalue weighted by molar-refractivity contribution is 6.06. The molecule has 0 spiro atoms. The molecule has 1 aromatic heterocycles. The number of fused-ring (bicyclic) bond motifs is 3. The van der Waals surface area contributed by atoms with Gasteiger partial charge in [0.25, 0.3) is 11.8 Å². The highest BCUT2D eigenvalue weighted by atomic mass is 19.1. The second-order valence-electron chi connectivity index (χ2n) is 9.80. The average Bonchev–Trinajstić information content (AvgIpc) is 3.33. The van der Waals surface area contributed by atoms with E-state index in [0.29, 0.717) is 30.9 Å². The van der Waals surface area contributed by atoms with E-state index in [0.717, 1.165) is 57.7 Å². The molecule has 0 atom stereocenters. The van der Waals surface area contributed by atoms with Gasteiger partial charge in [-0.25, -0.2) is 4.39 Å². The first kappa shape index (κ1) is 24.8. The number of primary amides is 1. The van der Waals surface area contributed by atoms with Crippen molar-refractivity contribution in [3.63, 3.8) is 0 Å². The normalized spacial score (nSPS) is 14.1. The summed E-state index contributed by atoms with van der Waals surface area (Å²) in [5, 5.41) is 2.94. The van der Waals surface area contributed by atoms with E-state index in [2.05, 4.69) is 33.4 Å². The number of anilines is 2. The number of nitrogens with zero attached hydrogens (tertiary/aromatic N) is 2. The minimum Gasteiger partial charge on any atom is -0.378 e. The summed E-state index contributed by atoms with van der Waals surface area (Å²) in [5.74, 6) is -1.29. The fourth-order valence-electron chi connectivity index (χ4n) is 5.49.